The molecule has 7 heteroatoms. The van der Waals surface area contributed by atoms with E-state index >= 15 is 0 Å². The quantitative estimate of drug-likeness (QED) is 0.920. The Bertz CT molecular complexity index is 835. The van der Waals surface area contributed by atoms with Crippen LogP contribution in [0, 0.1) is 12.7 Å². The van der Waals surface area contributed by atoms with Crippen molar-refractivity contribution in [3.05, 3.63) is 68.2 Å². The molecule has 6 nitrogen and oxygen atoms in total. The Morgan fingerprint density at radius 2 is 2.04 bits per heavy atom. The van der Waals surface area contributed by atoms with Crippen LogP contribution in [0.3, 0.4) is 0 Å². The van der Waals surface area contributed by atoms with Gasteiger partial charge in [-0.25, -0.2) is 4.79 Å². The molecule has 1 saturated heterocycles. The number of aliphatic hydroxyl groups is 1. The first kappa shape index (κ1) is 16.6. The van der Waals surface area contributed by atoms with E-state index in [1.807, 2.05) is 19.1 Å². The first-order valence-electron chi connectivity index (χ1n) is 7.85. The van der Waals surface area contributed by atoms with E-state index in [1.165, 1.54) is 0 Å². The van der Waals surface area contributed by atoms with Crippen LogP contribution < -0.4 is 11.2 Å². The fourth-order valence-electron chi connectivity index (χ4n) is 2.80. The maximum Gasteiger partial charge on any atom is 0.333 e. The Morgan fingerprint density at radius 1 is 1.33 bits per heavy atom. The minimum Gasteiger partial charge on any atom is -0.387 e. The van der Waals surface area contributed by atoms with Crippen molar-refractivity contribution in [3.8, 4) is 0 Å². The van der Waals surface area contributed by atoms with E-state index in [1.54, 1.807) is 12.1 Å². The van der Waals surface area contributed by atoms with Crippen molar-refractivity contribution in [3.63, 3.8) is 0 Å². The third-order valence-electron chi connectivity index (χ3n) is 4.19. The average Bonchev–Trinajstić information content (AvgIpc) is 3.09. The molecule has 0 radical (unpaired) electrons. The highest BCUT2D eigenvalue weighted by atomic mass is 19.1. The number of aliphatic hydroxyl groups excluding tert-OH is 1. The van der Waals surface area contributed by atoms with Crippen LogP contribution in [-0.2, 0) is 11.3 Å². The number of ether oxygens (including phenoxy) is 1. The van der Waals surface area contributed by atoms with E-state index in [2.05, 4.69) is 0 Å². The Balaban J connectivity index is 1.96. The van der Waals surface area contributed by atoms with E-state index in [4.69, 9.17) is 4.74 Å². The molecule has 24 heavy (non-hydrogen) atoms. The molecule has 0 amide bonds. The van der Waals surface area contributed by atoms with Crippen LogP contribution in [-0.4, -0.2) is 20.8 Å². The summed E-state index contributed by atoms with van der Waals surface area (Å²) in [4.78, 5) is 24.5. The lowest BCUT2D eigenvalue weighted by Gasteiger charge is -2.17. The van der Waals surface area contributed by atoms with Gasteiger partial charge in [0.25, 0.3) is 5.56 Å². The van der Waals surface area contributed by atoms with Crippen molar-refractivity contribution in [2.75, 3.05) is 6.61 Å². The fraction of sp³-hybridized carbons (Fsp3) is 0.412. The van der Waals surface area contributed by atoms with Crippen molar-refractivity contribution in [1.29, 1.82) is 0 Å². The maximum absolute atomic E-state index is 13.9. The highest BCUT2D eigenvalue weighted by molar-refractivity contribution is 5.23. The SMILES string of the molecule is Cc1ccc(C(O)Cn2c(=O)c(F)cn(C3CCCO3)c2=O)cc1. The van der Waals surface area contributed by atoms with Gasteiger partial charge in [-0.1, -0.05) is 29.8 Å². The molecule has 0 bridgehead atoms. The molecule has 2 heterocycles. The molecule has 2 atom stereocenters. The van der Waals surface area contributed by atoms with Gasteiger partial charge in [-0.15, -0.1) is 0 Å². The highest BCUT2D eigenvalue weighted by Crippen LogP contribution is 2.21. The minimum absolute atomic E-state index is 0.314. The second-order valence-electron chi connectivity index (χ2n) is 5.98. The second-order valence-corrected chi connectivity index (χ2v) is 5.98. The maximum atomic E-state index is 13.9. The summed E-state index contributed by atoms with van der Waals surface area (Å²) in [5.74, 6) is -1.04. The number of rotatable bonds is 4. The summed E-state index contributed by atoms with van der Waals surface area (Å²) in [6.45, 7) is 2.09. The molecule has 2 unspecified atom stereocenters. The number of aryl methyl sites for hydroxylation is 1. The lowest BCUT2D eigenvalue weighted by Crippen LogP contribution is -2.43. The molecule has 2 aromatic rings. The molecular weight excluding hydrogens is 315 g/mol. The number of nitrogens with zero attached hydrogens (tertiary/aromatic N) is 2. The summed E-state index contributed by atoms with van der Waals surface area (Å²) in [7, 11) is 0. The van der Waals surface area contributed by atoms with Gasteiger partial charge in [-0.2, -0.15) is 4.39 Å². The monoisotopic (exact) mass is 334 g/mol. The van der Waals surface area contributed by atoms with Gasteiger partial charge in [0.15, 0.2) is 0 Å². The van der Waals surface area contributed by atoms with Crippen molar-refractivity contribution in [2.45, 2.75) is 38.6 Å². The summed E-state index contributed by atoms with van der Waals surface area (Å²) >= 11 is 0. The van der Waals surface area contributed by atoms with Crippen molar-refractivity contribution in [1.82, 2.24) is 9.13 Å². The first-order chi connectivity index (χ1) is 11.5. The molecule has 0 aliphatic carbocycles. The molecule has 1 fully saturated rings. The van der Waals surface area contributed by atoms with Crippen LogP contribution in [0.1, 0.15) is 36.3 Å². The normalized spacial score (nSPS) is 18.7. The zero-order chi connectivity index (χ0) is 17.3. The molecule has 0 spiro atoms. The van der Waals surface area contributed by atoms with Crippen LogP contribution >= 0.6 is 0 Å². The predicted molar refractivity (Wildman–Crippen MR) is 85.3 cm³/mol. The van der Waals surface area contributed by atoms with Crippen LogP contribution in [0.5, 0.6) is 0 Å². The molecule has 1 N–H and O–H groups in total. The standard InChI is InChI=1S/C17H19FN2O4/c1-11-4-6-12(7-5-11)14(21)10-20-16(22)13(18)9-19(17(20)23)15-3-2-8-24-15/h4-7,9,14-15,21H,2-3,8,10H2,1H3. The topological polar surface area (TPSA) is 73.5 Å². The van der Waals surface area contributed by atoms with E-state index in [0.29, 0.717) is 18.6 Å². The highest BCUT2D eigenvalue weighted by Gasteiger charge is 2.23. The lowest BCUT2D eigenvalue weighted by atomic mass is 10.1. The van der Waals surface area contributed by atoms with Gasteiger partial charge in [-0.05, 0) is 25.3 Å². The van der Waals surface area contributed by atoms with Gasteiger partial charge < -0.3 is 9.84 Å². The van der Waals surface area contributed by atoms with Crippen molar-refractivity contribution >= 4 is 0 Å². The zero-order valence-corrected chi connectivity index (χ0v) is 13.3. The molecule has 1 aromatic carbocycles. The molecule has 128 valence electrons. The summed E-state index contributed by atoms with van der Waals surface area (Å²) < 4.78 is 21.2. The second kappa shape index (κ2) is 6.70. The Labute approximate surface area is 137 Å². The van der Waals surface area contributed by atoms with Gasteiger partial charge >= 0.3 is 5.69 Å². The molecule has 1 aromatic heterocycles. The van der Waals surface area contributed by atoms with E-state index in [0.717, 1.165) is 27.3 Å². The van der Waals surface area contributed by atoms with Crippen LogP contribution in [0.15, 0.2) is 40.1 Å². The Morgan fingerprint density at radius 3 is 2.67 bits per heavy atom. The molecule has 0 saturated carbocycles. The van der Waals surface area contributed by atoms with Gasteiger partial charge in [-0.3, -0.25) is 13.9 Å². The zero-order valence-electron chi connectivity index (χ0n) is 13.3. The summed E-state index contributed by atoms with van der Waals surface area (Å²) in [5.41, 5.74) is -0.144. The minimum atomic E-state index is -1.09. The summed E-state index contributed by atoms with van der Waals surface area (Å²) in [6.07, 6.45) is 0.572. The third kappa shape index (κ3) is 3.18. The number of benzene rings is 1. The first-order valence-corrected chi connectivity index (χ1v) is 7.85. The lowest BCUT2D eigenvalue weighted by molar-refractivity contribution is 0.0491. The largest absolute Gasteiger partial charge is 0.387 e. The van der Waals surface area contributed by atoms with Crippen LogP contribution in [0.25, 0.3) is 0 Å². The van der Waals surface area contributed by atoms with Crippen molar-refractivity contribution in [2.24, 2.45) is 0 Å². The van der Waals surface area contributed by atoms with E-state index in [9.17, 15) is 19.1 Å². The fourth-order valence-corrected chi connectivity index (χ4v) is 2.80. The Hall–Kier alpha value is -2.25. The van der Waals surface area contributed by atoms with E-state index < -0.39 is 29.4 Å². The summed E-state index contributed by atoms with van der Waals surface area (Å²) in [6, 6.07) is 7.06. The number of hydrogen-bond donors (Lipinski definition) is 1. The third-order valence-corrected chi connectivity index (χ3v) is 4.19. The smallest absolute Gasteiger partial charge is 0.333 e. The van der Waals surface area contributed by atoms with Gasteiger partial charge in [0.2, 0.25) is 5.82 Å². The number of halogens is 1. The van der Waals surface area contributed by atoms with Gasteiger partial charge in [0, 0.05) is 6.61 Å². The number of aromatic nitrogens is 2. The van der Waals surface area contributed by atoms with Crippen LogP contribution in [0.2, 0.25) is 0 Å². The summed E-state index contributed by atoms with van der Waals surface area (Å²) in [5, 5.41) is 10.3. The number of hydrogen-bond acceptors (Lipinski definition) is 4. The molecule has 1 aliphatic rings. The van der Waals surface area contributed by atoms with Gasteiger partial charge in [0.05, 0.1) is 18.8 Å². The predicted octanol–water partition coefficient (Wildman–Crippen LogP) is 1.50. The average molecular weight is 334 g/mol. The van der Waals surface area contributed by atoms with Crippen LogP contribution in [0.4, 0.5) is 4.39 Å². The van der Waals surface area contributed by atoms with Crippen molar-refractivity contribution < 1.29 is 14.2 Å². The van der Waals surface area contributed by atoms with Gasteiger partial charge in [0.1, 0.15) is 6.23 Å². The van der Waals surface area contributed by atoms with E-state index in [-0.39, 0.29) is 6.54 Å². The molecular formula is C17H19FN2O4. The Kier molecular flexibility index (Phi) is 4.64. The molecule has 1 aliphatic heterocycles. The molecule has 3 rings (SSSR count).